The number of rotatable bonds is 6. The molecular weight excluding hydrogens is 342 g/mol. The average Bonchev–Trinajstić information content (AvgIpc) is 2.58. The molecule has 1 atom stereocenters. The van der Waals surface area contributed by atoms with Crippen molar-refractivity contribution in [3.05, 3.63) is 29.8 Å². The zero-order valence-corrected chi connectivity index (χ0v) is 16.2. The van der Waals surface area contributed by atoms with Gasteiger partial charge in [-0.25, -0.2) is 4.79 Å². The Bertz CT molecular complexity index is 693. The molecule has 146 valence electrons. The molecule has 4 fully saturated rings. The zero-order valence-electron chi connectivity index (χ0n) is 16.2. The van der Waals surface area contributed by atoms with Crippen molar-refractivity contribution in [3.63, 3.8) is 0 Å². The average molecular weight is 371 g/mol. The van der Waals surface area contributed by atoms with E-state index >= 15 is 0 Å². The predicted octanol–water partition coefficient (Wildman–Crippen LogP) is 3.39. The molecule has 0 spiro atoms. The fourth-order valence-corrected chi connectivity index (χ4v) is 5.76. The van der Waals surface area contributed by atoms with Crippen molar-refractivity contribution < 1.29 is 19.1 Å². The summed E-state index contributed by atoms with van der Waals surface area (Å²) in [6.07, 6.45) is 6.44. The lowest BCUT2D eigenvalue weighted by Crippen LogP contribution is -2.61. The van der Waals surface area contributed by atoms with E-state index in [1.54, 1.807) is 13.0 Å². The molecule has 0 aliphatic heterocycles. The molecule has 1 amide bonds. The molecule has 0 unspecified atom stereocenters. The van der Waals surface area contributed by atoms with Gasteiger partial charge < -0.3 is 14.8 Å². The van der Waals surface area contributed by atoms with Crippen LogP contribution in [0.1, 0.15) is 51.0 Å². The minimum absolute atomic E-state index is 0.0649. The van der Waals surface area contributed by atoms with E-state index < -0.39 is 12.1 Å². The number of ether oxygens (including phenoxy) is 2. The molecule has 5 heteroatoms. The first-order valence-electron chi connectivity index (χ1n) is 10.1. The van der Waals surface area contributed by atoms with Gasteiger partial charge in [-0.3, -0.25) is 4.79 Å². The van der Waals surface area contributed by atoms with Gasteiger partial charge in [0.1, 0.15) is 5.75 Å². The maximum atomic E-state index is 12.7. The topological polar surface area (TPSA) is 64.6 Å². The molecule has 1 N–H and O–H groups in total. The number of carbonyl (C=O) groups excluding carboxylic acids is 2. The first-order valence-corrected chi connectivity index (χ1v) is 10.1. The second-order valence-corrected chi connectivity index (χ2v) is 8.92. The summed E-state index contributed by atoms with van der Waals surface area (Å²) in [5, 5.41) is 3.25. The van der Waals surface area contributed by atoms with Crippen LogP contribution in [0.2, 0.25) is 0 Å². The van der Waals surface area contributed by atoms with E-state index in [0.717, 1.165) is 42.6 Å². The maximum absolute atomic E-state index is 12.7. The number of hydrogen-bond donors (Lipinski definition) is 1. The van der Waals surface area contributed by atoms with Crippen molar-refractivity contribution in [1.29, 1.82) is 0 Å². The highest BCUT2D eigenvalue weighted by Gasteiger charge is 2.51. The van der Waals surface area contributed by atoms with Crippen LogP contribution < -0.4 is 10.1 Å². The van der Waals surface area contributed by atoms with Gasteiger partial charge in [-0.1, -0.05) is 12.1 Å². The molecule has 0 aromatic heterocycles. The Hall–Kier alpha value is -2.04. The number of benzene rings is 1. The van der Waals surface area contributed by atoms with Crippen LogP contribution in [0.15, 0.2) is 24.3 Å². The molecule has 5 nitrogen and oxygen atoms in total. The first-order chi connectivity index (χ1) is 12.9. The molecular formula is C22H29NO4. The predicted molar refractivity (Wildman–Crippen MR) is 101 cm³/mol. The summed E-state index contributed by atoms with van der Waals surface area (Å²) >= 11 is 0. The summed E-state index contributed by atoms with van der Waals surface area (Å²) in [4.78, 5) is 24.7. The lowest BCUT2D eigenvalue weighted by molar-refractivity contribution is -0.158. The molecule has 4 aliphatic carbocycles. The zero-order chi connectivity index (χ0) is 19.0. The Morgan fingerprint density at radius 2 is 1.78 bits per heavy atom. The van der Waals surface area contributed by atoms with Gasteiger partial charge in [-0.2, -0.15) is 0 Å². The molecule has 1 aromatic carbocycles. The van der Waals surface area contributed by atoms with Crippen LogP contribution in [-0.2, 0) is 14.3 Å². The van der Waals surface area contributed by atoms with Gasteiger partial charge >= 0.3 is 5.97 Å². The standard InChI is InChI=1S/C22H29NO4/c1-14-4-3-5-19(6-14)26-13-20(24)27-15(2)21(25)23-22-10-16-7-17(11-22)9-18(8-16)12-22/h3-6,15-18H,7-13H2,1-2H3,(H,23,25)/t15-,16?,17?,18?,22?/m0/s1. The van der Waals surface area contributed by atoms with Gasteiger partial charge in [0.15, 0.2) is 12.7 Å². The van der Waals surface area contributed by atoms with Gasteiger partial charge in [0.05, 0.1) is 0 Å². The third-order valence-corrected chi connectivity index (χ3v) is 6.45. The van der Waals surface area contributed by atoms with Crippen molar-refractivity contribution in [2.24, 2.45) is 17.8 Å². The minimum Gasteiger partial charge on any atom is -0.482 e. The van der Waals surface area contributed by atoms with Crippen LogP contribution >= 0.6 is 0 Å². The van der Waals surface area contributed by atoms with Crippen molar-refractivity contribution in [2.45, 2.75) is 64.0 Å². The molecule has 4 bridgehead atoms. The minimum atomic E-state index is -0.799. The highest BCUT2D eigenvalue weighted by molar-refractivity contribution is 5.84. The quantitative estimate of drug-likeness (QED) is 0.779. The second kappa shape index (κ2) is 7.17. The van der Waals surface area contributed by atoms with Gasteiger partial charge in [0.2, 0.25) is 0 Å². The molecule has 27 heavy (non-hydrogen) atoms. The molecule has 1 aromatic rings. The van der Waals surface area contributed by atoms with E-state index in [9.17, 15) is 9.59 Å². The lowest BCUT2D eigenvalue weighted by atomic mass is 9.53. The fraction of sp³-hybridized carbons (Fsp3) is 0.636. The summed E-state index contributed by atoms with van der Waals surface area (Å²) in [7, 11) is 0. The molecule has 0 radical (unpaired) electrons. The van der Waals surface area contributed by atoms with Gasteiger partial charge in [-0.05, 0) is 87.8 Å². The summed E-state index contributed by atoms with van der Waals surface area (Å²) in [6.45, 7) is 3.40. The fourth-order valence-electron chi connectivity index (χ4n) is 5.76. The highest BCUT2D eigenvalue weighted by atomic mass is 16.6. The number of hydrogen-bond acceptors (Lipinski definition) is 4. The van der Waals surface area contributed by atoms with E-state index in [2.05, 4.69) is 5.32 Å². The molecule has 0 heterocycles. The van der Waals surface area contributed by atoms with Crippen molar-refractivity contribution in [3.8, 4) is 5.75 Å². The number of carbonyl (C=O) groups is 2. The Balaban J connectivity index is 1.27. The summed E-state index contributed by atoms with van der Waals surface area (Å²) < 4.78 is 10.8. The lowest BCUT2D eigenvalue weighted by Gasteiger charge is -2.57. The summed E-state index contributed by atoms with van der Waals surface area (Å²) in [6, 6.07) is 7.49. The summed E-state index contributed by atoms with van der Waals surface area (Å²) in [5.74, 6) is 2.20. The van der Waals surface area contributed by atoms with Crippen molar-refractivity contribution in [2.75, 3.05) is 6.61 Å². The van der Waals surface area contributed by atoms with Crippen LogP contribution in [0.25, 0.3) is 0 Å². The molecule has 4 saturated carbocycles. The number of amides is 1. The second-order valence-electron chi connectivity index (χ2n) is 8.92. The largest absolute Gasteiger partial charge is 0.482 e. The van der Waals surface area contributed by atoms with E-state index in [1.165, 1.54) is 19.3 Å². The van der Waals surface area contributed by atoms with Crippen molar-refractivity contribution in [1.82, 2.24) is 5.32 Å². The van der Waals surface area contributed by atoms with E-state index in [0.29, 0.717) is 5.75 Å². The van der Waals surface area contributed by atoms with Gasteiger partial charge in [0, 0.05) is 5.54 Å². The Morgan fingerprint density at radius 3 is 2.37 bits per heavy atom. The first kappa shape index (κ1) is 18.3. The third kappa shape index (κ3) is 4.12. The van der Waals surface area contributed by atoms with Crippen LogP contribution in [-0.4, -0.2) is 30.1 Å². The number of nitrogens with one attached hydrogen (secondary N) is 1. The van der Waals surface area contributed by atoms with E-state index in [-0.39, 0.29) is 18.1 Å². The molecule has 4 aliphatic rings. The van der Waals surface area contributed by atoms with Crippen LogP contribution in [0.4, 0.5) is 0 Å². The Kier molecular flexibility index (Phi) is 4.87. The highest BCUT2D eigenvalue weighted by Crippen LogP contribution is 2.55. The molecule has 0 saturated heterocycles. The van der Waals surface area contributed by atoms with Crippen LogP contribution in [0.3, 0.4) is 0 Å². The van der Waals surface area contributed by atoms with E-state index in [4.69, 9.17) is 9.47 Å². The monoisotopic (exact) mass is 371 g/mol. The number of aryl methyl sites for hydroxylation is 1. The smallest absolute Gasteiger partial charge is 0.344 e. The van der Waals surface area contributed by atoms with E-state index in [1.807, 2.05) is 25.1 Å². The van der Waals surface area contributed by atoms with Gasteiger partial charge in [0.25, 0.3) is 5.91 Å². The SMILES string of the molecule is Cc1cccc(OCC(=O)O[C@@H](C)C(=O)NC23CC4CC(CC(C4)C2)C3)c1. The Labute approximate surface area is 160 Å². The normalized spacial score (nSPS) is 32.0. The maximum Gasteiger partial charge on any atom is 0.344 e. The Morgan fingerprint density at radius 1 is 1.15 bits per heavy atom. The molecule has 5 rings (SSSR count). The van der Waals surface area contributed by atoms with Gasteiger partial charge in [-0.15, -0.1) is 0 Å². The third-order valence-electron chi connectivity index (χ3n) is 6.45. The van der Waals surface area contributed by atoms with Crippen molar-refractivity contribution >= 4 is 11.9 Å². The number of esters is 1. The van der Waals surface area contributed by atoms with Crippen LogP contribution in [0, 0.1) is 24.7 Å². The summed E-state index contributed by atoms with van der Waals surface area (Å²) in [5.41, 5.74) is 0.995. The van der Waals surface area contributed by atoms with Crippen LogP contribution in [0.5, 0.6) is 5.75 Å².